The number of hydrogen-bond acceptors (Lipinski definition) is 6. The molecule has 2 atom stereocenters. The largest absolute Gasteiger partial charge is 0.444 e. The number of likely N-dealkylation sites (tertiary alicyclic amines) is 1. The van der Waals surface area contributed by atoms with Gasteiger partial charge in [-0.15, -0.1) is 11.3 Å². The number of carbonyl (C=O) groups excluding carboxylic acids is 2. The number of thiophene rings is 1. The lowest BCUT2D eigenvalue weighted by molar-refractivity contribution is -0.141. The van der Waals surface area contributed by atoms with Gasteiger partial charge in [-0.25, -0.2) is 4.79 Å². The van der Waals surface area contributed by atoms with Crippen molar-refractivity contribution in [3.05, 3.63) is 75.3 Å². The number of alkyl halides is 3. The van der Waals surface area contributed by atoms with Crippen molar-refractivity contribution < 1.29 is 27.5 Å². The summed E-state index contributed by atoms with van der Waals surface area (Å²) in [6.07, 6.45) is 0.925. The molecular formula is C34H38F3N5O3S. The van der Waals surface area contributed by atoms with Crippen molar-refractivity contribution in [1.29, 1.82) is 5.26 Å². The van der Waals surface area contributed by atoms with Crippen molar-refractivity contribution >= 4 is 23.3 Å². The molecule has 2 aliphatic heterocycles. The highest BCUT2D eigenvalue weighted by atomic mass is 32.1. The van der Waals surface area contributed by atoms with Crippen LogP contribution in [0.25, 0.3) is 11.1 Å². The van der Waals surface area contributed by atoms with Crippen LogP contribution in [-0.4, -0.2) is 55.3 Å². The average Bonchev–Trinajstić information content (AvgIpc) is 3.68. The molecule has 2 aromatic heterocycles. The number of fused-ring (bicyclic) bond motifs is 1. The van der Waals surface area contributed by atoms with Gasteiger partial charge >= 0.3 is 12.3 Å². The summed E-state index contributed by atoms with van der Waals surface area (Å²) in [6.45, 7) is 11.8. The van der Waals surface area contributed by atoms with E-state index >= 15 is 0 Å². The molecular weight excluding hydrogens is 615 g/mol. The molecule has 3 aromatic rings. The van der Waals surface area contributed by atoms with E-state index in [2.05, 4.69) is 11.2 Å². The molecule has 0 unspecified atom stereocenters. The first-order valence-corrected chi connectivity index (χ1v) is 16.1. The minimum Gasteiger partial charge on any atom is -0.444 e. The van der Waals surface area contributed by atoms with Crippen LogP contribution in [0.15, 0.2) is 48.7 Å². The Bertz CT molecular complexity index is 1710. The van der Waals surface area contributed by atoms with Crippen molar-refractivity contribution in [2.45, 2.75) is 96.7 Å². The van der Waals surface area contributed by atoms with Gasteiger partial charge in [0.1, 0.15) is 16.5 Å². The third-order valence-corrected chi connectivity index (χ3v) is 9.48. The number of amides is 2. The van der Waals surface area contributed by atoms with Crippen LogP contribution in [0, 0.1) is 11.3 Å². The number of ether oxygens (including phenoxy) is 1. The second-order valence-corrected chi connectivity index (χ2v) is 14.5. The maximum atomic E-state index is 14.1. The number of carbonyl (C=O) groups is 2. The Morgan fingerprint density at radius 2 is 1.89 bits per heavy atom. The van der Waals surface area contributed by atoms with Crippen LogP contribution < -0.4 is 0 Å². The van der Waals surface area contributed by atoms with Gasteiger partial charge in [0, 0.05) is 47.3 Å². The normalized spacial score (nSPS) is 19.7. The van der Waals surface area contributed by atoms with Gasteiger partial charge < -0.3 is 9.64 Å². The Kier molecular flexibility index (Phi) is 8.85. The number of halogens is 3. The summed E-state index contributed by atoms with van der Waals surface area (Å²) in [5.41, 5.74) is -0.311. The third kappa shape index (κ3) is 6.70. The topological polar surface area (TPSA) is 91.5 Å². The number of nitrogens with zero attached hydrogens (tertiary/aromatic N) is 5. The van der Waals surface area contributed by atoms with E-state index in [9.17, 15) is 28.0 Å². The van der Waals surface area contributed by atoms with Gasteiger partial charge in [0.25, 0.3) is 0 Å². The molecule has 8 nitrogen and oxygen atoms in total. The Morgan fingerprint density at radius 3 is 2.54 bits per heavy atom. The molecule has 4 heterocycles. The zero-order chi connectivity index (χ0) is 33.6. The van der Waals surface area contributed by atoms with Gasteiger partial charge in [-0.2, -0.15) is 23.5 Å². The van der Waals surface area contributed by atoms with Crippen molar-refractivity contribution in [2.24, 2.45) is 0 Å². The molecule has 1 aromatic carbocycles. The summed E-state index contributed by atoms with van der Waals surface area (Å²) in [4.78, 5) is 31.5. The maximum Gasteiger partial charge on any atom is 0.435 e. The standard InChI is InChI=1S/C34H38F3N5O3S/c1-7-41-19-27(30(39-41)34(35,36)37)24-11-9-8-10-23(24)26-18-40(20-28-25(26)16-22(17-38)46-28)29(43)13-12-21-14-15-33(5,6)42(21)31(44)45-32(2,3)4/h8-13,16,19,21,26H,7,14-15,18,20H2,1-6H3/b13-12+/t21-,26+/m1/s1. The van der Waals surface area contributed by atoms with Crippen molar-refractivity contribution in [2.75, 3.05) is 6.54 Å². The van der Waals surface area contributed by atoms with Gasteiger partial charge in [0.2, 0.25) is 5.91 Å². The lowest BCUT2D eigenvalue weighted by Gasteiger charge is -2.36. The quantitative estimate of drug-likeness (QED) is 0.263. The van der Waals surface area contributed by atoms with Gasteiger partial charge in [-0.3, -0.25) is 14.4 Å². The number of nitriles is 1. The molecule has 0 radical (unpaired) electrons. The lowest BCUT2D eigenvalue weighted by Crippen LogP contribution is -2.48. The monoisotopic (exact) mass is 653 g/mol. The Balaban J connectivity index is 1.49. The lowest BCUT2D eigenvalue weighted by atomic mass is 9.83. The molecule has 0 N–H and O–H groups in total. The van der Waals surface area contributed by atoms with Crippen LogP contribution >= 0.6 is 11.3 Å². The van der Waals surface area contributed by atoms with Crippen molar-refractivity contribution in [3.8, 4) is 17.2 Å². The van der Waals surface area contributed by atoms with E-state index in [1.165, 1.54) is 28.3 Å². The summed E-state index contributed by atoms with van der Waals surface area (Å²) in [5, 5.41) is 13.5. The molecule has 0 saturated carbocycles. The highest BCUT2D eigenvalue weighted by molar-refractivity contribution is 7.12. The smallest absolute Gasteiger partial charge is 0.435 e. The fraction of sp³-hybridized carbons (Fsp3) is 0.471. The summed E-state index contributed by atoms with van der Waals surface area (Å²) in [5.74, 6) is -0.769. The first-order valence-electron chi connectivity index (χ1n) is 15.3. The van der Waals surface area contributed by atoms with Gasteiger partial charge in [-0.1, -0.05) is 30.3 Å². The fourth-order valence-electron chi connectivity index (χ4n) is 6.32. The first kappa shape index (κ1) is 33.3. The number of hydrogen-bond donors (Lipinski definition) is 0. The van der Waals surface area contributed by atoms with Crippen LogP contribution in [0.3, 0.4) is 0 Å². The van der Waals surface area contributed by atoms with Crippen molar-refractivity contribution in [3.63, 3.8) is 0 Å². The second kappa shape index (κ2) is 12.2. The number of aromatic nitrogens is 2. The van der Waals surface area contributed by atoms with E-state index in [0.29, 0.717) is 22.4 Å². The molecule has 0 spiro atoms. The minimum atomic E-state index is -4.66. The number of benzene rings is 1. The Morgan fingerprint density at radius 1 is 1.17 bits per heavy atom. The van der Waals surface area contributed by atoms with Crippen LogP contribution in [0.1, 0.15) is 86.9 Å². The van der Waals surface area contributed by atoms with Gasteiger partial charge in [-0.05, 0) is 77.1 Å². The molecule has 0 aliphatic carbocycles. The van der Waals surface area contributed by atoms with Gasteiger partial charge in [0.15, 0.2) is 5.69 Å². The number of aryl methyl sites for hydroxylation is 1. The minimum absolute atomic E-state index is 0.0309. The van der Waals surface area contributed by atoms with E-state index in [1.807, 2.05) is 34.6 Å². The highest BCUT2D eigenvalue weighted by Crippen LogP contribution is 2.44. The maximum absolute atomic E-state index is 14.1. The predicted octanol–water partition coefficient (Wildman–Crippen LogP) is 7.73. The molecule has 0 bridgehead atoms. The zero-order valence-electron chi connectivity index (χ0n) is 26.8. The average molecular weight is 654 g/mol. The van der Waals surface area contributed by atoms with Crippen LogP contribution in [0.5, 0.6) is 0 Å². The Hall–Kier alpha value is -4.11. The number of rotatable bonds is 5. The molecule has 2 amide bonds. The fourth-order valence-corrected chi connectivity index (χ4v) is 7.35. The summed E-state index contributed by atoms with van der Waals surface area (Å²) in [7, 11) is 0. The van der Waals surface area contributed by atoms with Crippen LogP contribution in [-0.2, 0) is 28.8 Å². The first-order chi connectivity index (χ1) is 21.5. The SMILES string of the molecule is CCn1cc(-c2ccccc2[C@@H]2CN(C(=O)/C=C/[C@@H]3CCC(C)(C)N3C(=O)OC(C)(C)C)Cc3sc(C#N)cc32)c(C(F)(F)F)n1. The second-order valence-electron chi connectivity index (χ2n) is 13.3. The van der Waals surface area contributed by atoms with Crippen LogP contribution in [0.2, 0.25) is 0 Å². The predicted molar refractivity (Wildman–Crippen MR) is 169 cm³/mol. The zero-order valence-corrected chi connectivity index (χ0v) is 27.6. The van der Waals surface area contributed by atoms with E-state index in [0.717, 1.165) is 16.9 Å². The molecule has 244 valence electrons. The summed E-state index contributed by atoms with van der Waals surface area (Å²) < 4.78 is 49.3. The molecule has 12 heteroatoms. The Labute approximate surface area is 271 Å². The molecule has 2 aliphatic rings. The highest BCUT2D eigenvalue weighted by Gasteiger charge is 2.44. The van der Waals surface area contributed by atoms with Crippen molar-refractivity contribution in [1.82, 2.24) is 19.6 Å². The van der Waals surface area contributed by atoms with E-state index in [4.69, 9.17) is 4.74 Å². The molecule has 1 saturated heterocycles. The third-order valence-electron chi connectivity index (χ3n) is 8.44. The van der Waals surface area contributed by atoms with E-state index in [1.54, 1.807) is 53.1 Å². The van der Waals surface area contributed by atoms with Gasteiger partial charge in [0.05, 0.1) is 12.6 Å². The summed E-state index contributed by atoms with van der Waals surface area (Å²) >= 11 is 1.28. The van der Waals surface area contributed by atoms with E-state index in [-0.39, 0.29) is 37.1 Å². The molecule has 1 fully saturated rings. The molecule has 5 rings (SSSR count). The molecule has 46 heavy (non-hydrogen) atoms. The van der Waals surface area contributed by atoms with Crippen LogP contribution in [0.4, 0.5) is 18.0 Å². The van der Waals surface area contributed by atoms with E-state index < -0.39 is 35.0 Å². The summed E-state index contributed by atoms with van der Waals surface area (Å²) in [6, 6.07) is 10.5.